The third-order valence-electron chi connectivity index (χ3n) is 3.74. The molecular weight excluding hydrogens is 298 g/mol. The number of carbonyl (C=O) groups is 1. The molecule has 0 atom stereocenters. The van der Waals surface area contributed by atoms with Crippen molar-refractivity contribution in [3.8, 4) is 5.75 Å². The molecule has 2 aliphatic rings. The molecule has 18 heavy (non-hydrogen) atoms. The molecule has 2 N–H and O–H groups in total. The molecule has 1 heterocycles. The number of benzene rings is 1. The highest BCUT2D eigenvalue weighted by molar-refractivity contribution is 9.10. The zero-order valence-electron chi connectivity index (χ0n) is 9.77. The summed E-state index contributed by atoms with van der Waals surface area (Å²) in [4.78, 5) is 13.7. The van der Waals surface area contributed by atoms with Crippen LogP contribution in [-0.4, -0.2) is 39.7 Å². The molecule has 0 radical (unpaired) electrons. The van der Waals surface area contributed by atoms with E-state index in [4.69, 9.17) is 0 Å². The van der Waals surface area contributed by atoms with E-state index < -0.39 is 5.60 Å². The molecule has 1 aromatic carbocycles. The lowest BCUT2D eigenvalue weighted by Gasteiger charge is -2.47. The van der Waals surface area contributed by atoms with Crippen LogP contribution < -0.4 is 0 Å². The molecule has 1 aromatic rings. The monoisotopic (exact) mass is 311 g/mol. The number of aromatic hydroxyl groups is 1. The predicted octanol–water partition coefficient (Wildman–Crippen LogP) is 1.75. The number of phenolic OH excluding ortho intramolecular Hbond substituents is 1. The Morgan fingerprint density at radius 3 is 2.67 bits per heavy atom. The third kappa shape index (κ3) is 1.91. The summed E-state index contributed by atoms with van der Waals surface area (Å²) < 4.78 is 0.752. The van der Waals surface area contributed by atoms with E-state index in [1.165, 1.54) is 6.07 Å². The average Bonchev–Trinajstić information content (AvgIpc) is 3.11. The lowest BCUT2D eigenvalue weighted by atomic mass is 9.88. The summed E-state index contributed by atoms with van der Waals surface area (Å²) in [5.74, 6) is 0.113. The Balaban J connectivity index is 1.74. The Kier molecular flexibility index (Phi) is 2.64. The lowest BCUT2D eigenvalue weighted by molar-refractivity contribution is -0.0958. The van der Waals surface area contributed by atoms with Gasteiger partial charge >= 0.3 is 0 Å². The SMILES string of the molecule is O=C(c1cc(Br)ccc1O)N1CC(O)(C2CC2)C1. The van der Waals surface area contributed by atoms with Gasteiger partial charge in [-0.1, -0.05) is 15.9 Å². The number of phenols is 1. The molecule has 2 fully saturated rings. The van der Waals surface area contributed by atoms with Gasteiger partial charge in [0.2, 0.25) is 0 Å². The Morgan fingerprint density at radius 2 is 2.06 bits per heavy atom. The van der Waals surface area contributed by atoms with Crippen molar-refractivity contribution in [3.05, 3.63) is 28.2 Å². The molecule has 1 amide bonds. The van der Waals surface area contributed by atoms with Crippen LogP contribution >= 0.6 is 15.9 Å². The summed E-state index contributed by atoms with van der Waals surface area (Å²) in [7, 11) is 0. The van der Waals surface area contributed by atoms with Crippen LogP contribution in [0.3, 0.4) is 0 Å². The number of hydrogen-bond donors (Lipinski definition) is 2. The van der Waals surface area contributed by atoms with Gasteiger partial charge in [0.1, 0.15) is 11.4 Å². The first-order valence-electron chi connectivity index (χ1n) is 6.00. The fraction of sp³-hybridized carbons (Fsp3) is 0.462. The molecule has 1 saturated carbocycles. The quantitative estimate of drug-likeness (QED) is 0.875. The van der Waals surface area contributed by atoms with E-state index in [9.17, 15) is 15.0 Å². The lowest BCUT2D eigenvalue weighted by Crippen LogP contribution is -2.64. The highest BCUT2D eigenvalue weighted by Crippen LogP contribution is 2.45. The number of β-amino-alcohol motifs (C(OH)–C–C–N with tert-alkyl or cyclic N) is 1. The normalized spacial score (nSPS) is 21.6. The predicted molar refractivity (Wildman–Crippen MR) is 69.4 cm³/mol. The van der Waals surface area contributed by atoms with E-state index in [1.54, 1.807) is 17.0 Å². The minimum Gasteiger partial charge on any atom is -0.507 e. The summed E-state index contributed by atoms with van der Waals surface area (Å²) in [6.45, 7) is 0.755. The molecule has 5 heteroatoms. The number of rotatable bonds is 2. The van der Waals surface area contributed by atoms with Crippen LogP contribution in [-0.2, 0) is 0 Å². The maximum Gasteiger partial charge on any atom is 0.257 e. The largest absolute Gasteiger partial charge is 0.507 e. The first-order valence-corrected chi connectivity index (χ1v) is 6.79. The number of amides is 1. The number of carbonyl (C=O) groups excluding carboxylic acids is 1. The number of hydrogen-bond acceptors (Lipinski definition) is 3. The maximum absolute atomic E-state index is 12.2. The Hall–Kier alpha value is -1.07. The van der Waals surface area contributed by atoms with Gasteiger partial charge in [-0.2, -0.15) is 0 Å². The van der Waals surface area contributed by atoms with Crippen LogP contribution in [0.4, 0.5) is 0 Å². The van der Waals surface area contributed by atoms with Gasteiger partial charge in [-0.15, -0.1) is 0 Å². The van der Waals surface area contributed by atoms with Crippen LogP contribution in [0.1, 0.15) is 23.2 Å². The topological polar surface area (TPSA) is 60.8 Å². The minimum atomic E-state index is -0.683. The van der Waals surface area contributed by atoms with Gasteiger partial charge in [0.15, 0.2) is 0 Å². The van der Waals surface area contributed by atoms with Gasteiger partial charge in [0.05, 0.1) is 18.7 Å². The molecule has 4 nitrogen and oxygen atoms in total. The summed E-state index contributed by atoms with van der Waals surface area (Å²) in [6, 6.07) is 4.78. The Bertz CT molecular complexity index is 507. The van der Waals surface area contributed by atoms with E-state index in [0.717, 1.165) is 17.3 Å². The second kappa shape index (κ2) is 3.96. The van der Waals surface area contributed by atoms with Crippen molar-refractivity contribution in [2.24, 2.45) is 5.92 Å². The van der Waals surface area contributed by atoms with E-state index in [2.05, 4.69) is 15.9 Å². The fourth-order valence-electron chi connectivity index (χ4n) is 2.49. The zero-order chi connectivity index (χ0) is 12.9. The van der Waals surface area contributed by atoms with E-state index in [-0.39, 0.29) is 17.2 Å². The summed E-state index contributed by atoms with van der Waals surface area (Å²) in [5, 5.41) is 19.9. The first kappa shape index (κ1) is 12.0. The van der Waals surface area contributed by atoms with Gasteiger partial charge in [-0.3, -0.25) is 4.79 Å². The number of likely N-dealkylation sites (tertiary alicyclic amines) is 1. The molecule has 1 aliphatic carbocycles. The summed E-state index contributed by atoms with van der Waals surface area (Å²) in [6.07, 6.45) is 2.11. The maximum atomic E-state index is 12.2. The molecule has 1 saturated heterocycles. The second-order valence-corrected chi connectivity index (χ2v) is 6.12. The van der Waals surface area contributed by atoms with Gasteiger partial charge in [0, 0.05) is 4.47 Å². The van der Waals surface area contributed by atoms with E-state index in [1.807, 2.05) is 0 Å². The molecule has 1 aliphatic heterocycles. The van der Waals surface area contributed by atoms with Crippen LogP contribution in [0.2, 0.25) is 0 Å². The molecular formula is C13H14BrNO3. The minimum absolute atomic E-state index is 0.0231. The van der Waals surface area contributed by atoms with Crippen LogP contribution in [0.25, 0.3) is 0 Å². The average molecular weight is 312 g/mol. The third-order valence-corrected chi connectivity index (χ3v) is 4.24. The zero-order valence-corrected chi connectivity index (χ0v) is 11.4. The molecule has 3 rings (SSSR count). The standard InChI is InChI=1S/C13H14BrNO3/c14-9-3-4-11(16)10(5-9)12(17)15-6-13(18,7-15)8-1-2-8/h3-5,8,16,18H,1-2,6-7H2. The number of aliphatic hydroxyl groups is 1. The molecule has 0 spiro atoms. The second-order valence-electron chi connectivity index (χ2n) is 5.20. The highest BCUT2D eigenvalue weighted by atomic mass is 79.9. The van der Waals surface area contributed by atoms with Crippen molar-refractivity contribution in [2.45, 2.75) is 18.4 Å². The number of halogens is 1. The Labute approximate surface area is 113 Å². The van der Waals surface area contributed by atoms with Crippen LogP contribution in [0.15, 0.2) is 22.7 Å². The summed E-state index contributed by atoms with van der Waals surface area (Å²) >= 11 is 3.28. The van der Waals surface area contributed by atoms with Crippen molar-refractivity contribution in [3.63, 3.8) is 0 Å². The molecule has 0 aromatic heterocycles. The van der Waals surface area contributed by atoms with Crippen LogP contribution in [0, 0.1) is 5.92 Å². The summed E-state index contributed by atoms with van der Waals surface area (Å²) in [5.41, 5.74) is -0.403. The first-order chi connectivity index (χ1) is 8.49. The van der Waals surface area contributed by atoms with Crippen molar-refractivity contribution < 1.29 is 15.0 Å². The van der Waals surface area contributed by atoms with Gasteiger partial charge in [-0.25, -0.2) is 0 Å². The highest BCUT2D eigenvalue weighted by Gasteiger charge is 2.53. The Morgan fingerprint density at radius 1 is 1.39 bits per heavy atom. The van der Waals surface area contributed by atoms with Gasteiger partial charge in [-0.05, 0) is 37.0 Å². The van der Waals surface area contributed by atoms with Gasteiger partial charge < -0.3 is 15.1 Å². The smallest absolute Gasteiger partial charge is 0.257 e. The van der Waals surface area contributed by atoms with Crippen molar-refractivity contribution in [1.29, 1.82) is 0 Å². The van der Waals surface area contributed by atoms with Crippen molar-refractivity contribution >= 4 is 21.8 Å². The fourth-order valence-corrected chi connectivity index (χ4v) is 2.85. The molecule has 0 bridgehead atoms. The van der Waals surface area contributed by atoms with Crippen molar-refractivity contribution in [2.75, 3.05) is 13.1 Å². The molecule has 96 valence electrons. The van der Waals surface area contributed by atoms with Gasteiger partial charge in [0.25, 0.3) is 5.91 Å². The van der Waals surface area contributed by atoms with E-state index >= 15 is 0 Å². The van der Waals surface area contributed by atoms with E-state index in [0.29, 0.717) is 19.0 Å². The van der Waals surface area contributed by atoms with Crippen molar-refractivity contribution in [1.82, 2.24) is 4.90 Å². The number of nitrogens with zero attached hydrogens (tertiary/aromatic N) is 1. The molecule has 0 unspecified atom stereocenters. The van der Waals surface area contributed by atoms with Crippen LogP contribution in [0.5, 0.6) is 5.75 Å².